The van der Waals surface area contributed by atoms with Crippen LogP contribution < -0.4 is 21.7 Å². The summed E-state index contributed by atoms with van der Waals surface area (Å²) in [7, 11) is 0. The number of nitrogens with one attached hydrogen (secondary N) is 3. The van der Waals surface area contributed by atoms with E-state index < -0.39 is 0 Å². The summed E-state index contributed by atoms with van der Waals surface area (Å²) in [6, 6.07) is 0. The van der Waals surface area contributed by atoms with E-state index in [1.807, 2.05) is 0 Å². The molecule has 0 aromatic rings. The molecule has 0 aromatic heterocycles. The van der Waals surface area contributed by atoms with Gasteiger partial charge in [-0.25, -0.2) is 0 Å². The van der Waals surface area contributed by atoms with Crippen LogP contribution in [0, 0.1) is 0 Å². The van der Waals surface area contributed by atoms with Gasteiger partial charge in [0.15, 0.2) is 0 Å². The molecule has 0 atom stereocenters. The number of hydrogen-bond acceptors (Lipinski definition) is 6. The summed E-state index contributed by atoms with van der Waals surface area (Å²) in [4.78, 5) is 27.6. The van der Waals surface area contributed by atoms with Gasteiger partial charge in [-0.15, -0.1) is 0 Å². The molecular formula is C46H95N5O2. The van der Waals surface area contributed by atoms with E-state index in [0.717, 1.165) is 52.0 Å². The van der Waals surface area contributed by atoms with Crippen LogP contribution in [-0.4, -0.2) is 69.1 Å². The van der Waals surface area contributed by atoms with Crippen molar-refractivity contribution in [2.24, 2.45) is 5.73 Å². The minimum atomic E-state index is -0.173. The Morgan fingerprint density at radius 1 is 0.396 bits per heavy atom. The topological polar surface area (TPSA) is 99.5 Å². The zero-order valence-corrected chi connectivity index (χ0v) is 36.0. The molecule has 0 heterocycles. The molecule has 0 aromatic carbocycles. The van der Waals surface area contributed by atoms with Gasteiger partial charge in [0.1, 0.15) is 0 Å². The molecule has 0 saturated carbocycles. The SMILES string of the molecule is CCCCCCCCCCCCCCCCCCN(CCCCCCCCCCCCCCCCCC)CC(=O)NC(=O)CCNCCCNCCN. The highest BCUT2D eigenvalue weighted by atomic mass is 16.2. The lowest BCUT2D eigenvalue weighted by molar-refractivity contribution is -0.131. The van der Waals surface area contributed by atoms with Crippen LogP contribution in [-0.2, 0) is 9.59 Å². The molecule has 0 aliphatic carbocycles. The highest BCUT2D eigenvalue weighted by molar-refractivity contribution is 5.96. The van der Waals surface area contributed by atoms with E-state index in [4.69, 9.17) is 5.73 Å². The normalized spacial score (nSPS) is 11.5. The smallest absolute Gasteiger partial charge is 0.240 e. The molecule has 0 radical (unpaired) electrons. The van der Waals surface area contributed by atoms with Crippen LogP contribution in [0.4, 0.5) is 0 Å². The number of carbonyl (C=O) groups excluding carboxylic acids is 2. The van der Waals surface area contributed by atoms with Gasteiger partial charge in [0, 0.05) is 26.1 Å². The van der Waals surface area contributed by atoms with Crippen molar-refractivity contribution in [1.29, 1.82) is 0 Å². The number of nitrogens with two attached hydrogens (primary N) is 1. The van der Waals surface area contributed by atoms with E-state index in [0.29, 0.717) is 26.1 Å². The molecule has 0 rings (SSSR count). The molecule has 53 heavy (non-hydrogen) atoms. The van der Waals surface area contributed by atoms with Gasteiger partial charge in [-0.2, -0.15) is 0 Å². The first-order valence-corrected chi connectivity index (χ1v) is 23.8. The Hall–Kier alpha value is -1.02. The third kappa shape index (κ3) is 43.6. The number of hydrogen-bond donors (Lipinski definition) is 4. The Balaban J connectivity index is 4.15. The molecular weight excluding hydrogens is 655 g/mol. The van der Waals surface area contributed by atoms with Gasteiger partial charge in [-0.1, -0.05) is 206 Å². The van der Waals surface area contributed by atoms with Crippen molar-refractivity contribution in [2.45, 2.75) is 232 Å². The summed E-state index contributed by atoms with van der Waals surface area (Å²) in [6.45, 7) is 10.7. The van der Waals surface area contributed by atoms with Crippen LogP contribution in [0.1, 0.15) is 232 Å². The minimum Gasteiger partial charge on any atom is -0.329 e. The third-order valence-corrected chi connectivity index (χ3v) is 10.9. The second kappa shape index (κ2) is 45.4. The molecule has 0 unspecified atom stereocenters. The zero-order valence-electron chi connectivity index (χ0n) is 36.0. The molecule has 0 fully saturated rings. The van der Waals surface area contributed by atoms with Gasteiger partial charge in [-0.3, -0.25) is 19.8 Å². The van der Waals surface area contributed by atoms with E-state index in [-0.39, 0.29) is 11.8 Å². The average molecular weight is 750 g/mol. The Morgan fingerprint density at radius 3 is 1.06 bits per heavy atom. The summed E-state index contributed by atoms with van der Waals surface area (Å²) in [5.74, 6) is -0.317. The summed E-state index contributed by atoms with van der Waals surface area (Å²) in [6.07, 6.45) is 45.2. The molecule has 0 saturated heterocycles. The lowest BCUT2D eigenvalue weighted by atomic mass is 10.0. The maximum absolute atomic E-state index is 12.8. The fraction of sp³-hybridized carbons (Fsp3) is 0.957. The van der Waals surface area contributed by atoms with Crippen LogP contribution >= 0.6 is 0 Å². The summed E-state index contributed by atoms with van der Waals surface area (Å²) in [5.41, 5.74) is 5.50. The summed E-state index contributed by atoms with van der Waals surface area (Å²) < 4.78 is 0. The number of nitrogens with zero attached hydrogens (tertiary/aromatic N) is 1. The van der Waals surface area contributed by atoms with Crippen LogP contribution in [0.25, 0.3) is 0 Å². The molecule has 7 heteroatoms. The first kappa shape index (κ1) is 52.0. The van der Waals surface area contributed by atoms with Crippen molar-refractivity contribution in [3.8, 4) is 0 Å². The maximum atomic E-state index is 12.8. The van der Waals surface area contributed by atoms with E-state index in [2.05, 4.69) is 34.7 Å². The molecule has 0 spiro atoms. The van der Waals surface area contributed by atoms with Crippen molar-refractivity contribution < 1.29 is 9.59 Å². The van der Waals surface area contributed by atoms with Gasteiger partial charge in [0.2, 0.25) is 11.8 Å². The summed E-state index contributed by atoms with van der Waals surface area (Å²) >= 11 is 0. The summed E-state index contributed by atoms with van der Waals surface area (Å²) in [5, 5.41) is 9.23. The quantitative estimate of drug-likeness (QED) is 0.0463. The monoisotopic (exact) mass is 750 g/mol. The fourth-order valence-corrected chi connectivity index (χ4v) is 7.39. The van der Waals surface area contributed by atoms with E-state index in [9.17, 15) is 9.59 Å². The highest BCUT2D eigenvalue weighted by Gasteiger charge is 2.13. The first-order chi connectivity index (χ1) is 26.1. The number of amides is 2. The largest absolute Gasteiger partial charge is 0.329 e. The predicted octanol–water partition coefficient (Wildman–Crippen LogP) is 11.4. The van der Waals surface area contributed by atoms with Gasteiger partial charge in [0.05, 0.1) is 6.54 Å². The highest BCUT2D eigenvalue weighted by Crippen LogP contribution is 2.16. The molecule has 7 nitrogen and oxygen atoms in total. The van der Waals surface area contributed by atoms with Crippen molar-refractivity contribution >= 4 is 11.8 Å². The van der Waals surface area contributed by atoms with Gasteiger partial charge >= 0.3 is 0 Å². The van der Waals surface area contributed by atoms with E-state index in [1.165, 1.54) is 193 Å². The second-order valence-electron chi connectivity index (χ2n) is 16.2. The lowest BCUT2D eigenvalue weighted by Crippen LogP contribution is -2.41. The third-order valence-electron chi connectivity index (χ3n) is 10.9. The Bertz CT molecular complexity index is 701. The number of rotatable bonds is 45. The first-order valence-electron chi connectivity index (χ1n) is 23.8. The number of unbranched alkanes of at least 4 members (excludes halogenated alkanes) is 30. The minimum absolute atomic E-state index is 0.144. The molecule has 0 aliphatic heterocycles. The molecule has 0 bridgehead atoms. The maximum Gasteiger partial charge on any atom is 0.240 e. The molecule has 2 amide bonds. The molecule has 0 aliphatic rings. The van der Waals surface area contributed by atoms with Gasteiger partial charge in [0.25, 0.3) is 0 Å². The lowest BCUT2D eigenvalue weighted by Gasteiger charge is -2.21. The van der Waals surface area contributed by atoms with Crippen molar-refractivity contribution in [3.05, 3.63) is 0 Å². The molecule has 316 valence electrons. The van der Waals surface area contributed by atoms with Gasteiger partial charge < -0.3 is 16.4 Å². The predicted molar refractivity (Wildman–Crippen MR) is 233 cm³/mol. The number of carbonyl (C=O) groups is 2. The fourth-order valence-electron chi connectivity index (χ4n) is 7.39. The standard InChI is InChI=1S/C46H95N5O2/c1-3-5-7-9-11-13-15-17-19-21-23-25-27-29-31-33-42-51(44-46(53)50-45(52)36-40-48-38-35-39-49-41-37-47)43-34-32-30-28-26-24-22-20-18-16-14-12-10-8-6-4-2/h48-49H,3-44,47H2,1-2H3,(H,50,52,53). The van der Waals surface area contributed by atoms with Crippen molar-refractivity contribution in [2.75, 3.05) is 52.4 Å². The Morgan fingerprint density at radius 2 is 0.717 bits per heavy atom. The van der Waals surface area contributed by atoms with E-state index in [1.54, 1.807) is 0 Å². The number of imide groups is 1. The van der Waals surface area contributed by atoms with Crippen LogP contribution in [0.2, 0.25) is 0 Å². The van der Waals surface area contributed by atoms with E-state index >= 15 is 0 Å². The van der Waals surface area contributed by atoms with Crippen LogP contribution in [0.15, 0.2) is 0 Å². The zero-order chi connectivity index (χ0) is 38.6. The average Bonchev–Trinajstić information content (AvgIpc) is 3.15. The van der Waals surface area contributed by atoms with Crippen LogP contribution in [0.5, 0.6) is 0 Å². The molecule has 5 N–H and O–H groups in total. The van der Waals surface area contributed by atoms with Crippen LogP contribution in [0.3, 0.4) is 0 Å². The van der Waals surface area contributed by atoms with Crippen molar-refractivity contribution in [1.82, 2.24) is 20.9 Å². The van der Waals surface area contributed by atoms with Gasteiger partial charge in [-0.05, 0) is 45.4 Å². The second-order valence-corrected chi connectivity index (χ2v) is 16.2. The van der Waals surface area contributed by atoms with Crippen molar-refractivity contribution in [3.63, 3.8) is 0 Å². The Kier molecular flexibility index (Phi) is 44.5. The Labute approximate surface area is 331 Å².